The van der Waals surface area contributed by atoms with E-state index in [-0.39, 0.29) is 24.4 Å². The summed E-state index contributed by atoms with van der Waals surface area (Å²) in [5, 5.41) is 13.7. The molecule has 96 valence electrons. The average molecular weight is 243 g/mol. The van der Waals surface area contributed by atoms with E-state index >= 15 is 0 Å². The Balaban J connectivity index is 2.31. The summed E-state index contributed by atoms with van der Waals surface area (Å²) in [6, 6.07) is -0.322. The molecule has 0 unspecified atom stereocenters. The van der Waals surface area contributed by atoms with Crippen LogP contribution in [0.2, 0.25) is 0 Å². The van der Waals surface area contributed by atoms with Gasteiger partial charge in [0.15, 0.2) is 0 Å². The molecule has 1 aliphatic heterocycles. The number of carbonyl (C=O) groups is 3. The number of nitrogens with one attached hydrogen (secondary N) is 2. The van der Waals surface area contributed by atoms with Crippen molar-refractivity contribution in [2.24, 2.45) is 5.92 Å². The molecule has 0 aliphatic carbocycles. The molecule has 1 aliphatic rings. The van der Waals surface area contributed by atoms with E-state index in [1.807, 2.05) is 0 Å². The Hall–Kier alpha value is -1.79. The molecule has 3 amide bonds. The molecule has 0 bridgehead atoms. The first kappa shape index (κ1) is 13.3. The fourth-order valence-electron chi connectivity index (χ4n) is 1.69. The number of hydrogen-bond donors (Lipinski definition) is 3. The summed E-state index contributed by atoms with van der Waals surface area (Å²) in [6.07, 6.45) is 0.922. The number of aliphatic carboxylic acids is 1. The van der Waals surface area contributed by atoms with Crippen LogP contribution in [-0.4, -0.2) is 54.6 Å². The van der Waals surface area contributed by atoms with Gasteiger partial charge in [-0.05, 0) is 12.8 Å². The standard InChI is InChI=1S/C10H17N3O4/c1-11-8(14)6-12-10(17)13-4-2-7(3-5-13)9(15)16/h7H,2-6H2,1H3,(H,11,14)(H,12,17)(H,15,16). The highest BCUT2D eigenvalue weighted by Gasteiger charge is 2.26. The van der Waals surface area contributed by atoms with Gasteiger partial charge in [-0.15, -0.1) is 0 Å². The van der Waals surface area contributed by atoms with Crippen molar-refractivity contribution in [1.29, 1.82) is 0 Å². The molecule has 0 aromatic heterocycles. The van der Waals surface area contributed by atoms with Crippen molar-refractivity contribution >= 4 is 17.9 Å². The lowest BCUT2D eigenvalue weighted by molar-refractivity contribution is -0.143. The smallest absolute Gasteiger partial charge is 0.317 e. The number of likely N-dealkylation sites (tertiary alicyclic amines) is 1. The Bertz CT molecular complexity index is 311. The molecule has 0 aromatic rings. The van der Waals surface area contributed by atoms with E-state index in [2.05, 4.69) is 10.6 Å². The molecule has 3 N–H and O–H groups in total. The predicted octanol–water partition coefficient (Wildman–Crippen LogP) is -0.761. The molecule has 1 rings (SSSR count). The topological polar surface area (TPSA) is 98.7 Å². The van der Waals surface area contributed by atoms with Gasteiger partial charge < -0.3 is 20.6 Å². The molecule has 0 saturated carbocycles. The number of hydrogen-bond acceptors (Lipinski definition) is 3. The van der Waals surface area contributed by atoms with Crippen molar-refractivity contribution in [2.45, 2.75) is 12.8 Å². The Morgan fingerprint density at radius 3 is 2.35 bits per heavy atom. The summed E-state index contributed by atoms with van der Waals surface area (Å²) in [5.41, 5.74) is 0. The van der Waals surface area contributed by atoms with Crippen LogP contribution < -0.4 is 10.6 Å². The first-order valence-electron chi connectivity index (χ1n) is 5.50. The van der Waals surface area contributed by atoms with Crippen molar-refractivity contribution in [2.75, 3.05) is 26.7 Å². The second kappa shape index (κ2) is 6.07. The highest BCUT2D eigenvalue weighted by Crippen LogP contribution is 2.16. The third-order valence-electron chi connectivity index (χ3n) is 2.81. The zero-order valence-corrected chi connectivity index (χ0v) is 9.73. The molecule has 0 radical (unpaired) electrons. The van der Waals surface area contributed by atoms with Crippen molar-refractivity contribution in [3.8, 4) is 0 Å². The summed E-state index contributed by atoms with van der Waals surface area (Å²) in [4.78, 5) is 34.7. The third-order valence-corrected chi connectivity index (χ3v) is 2.81. The quantitative estimate of drug-likeness (QED) is 0.606. The fourth-order valence-corrected chi connectivity index (χ4v) is 1.69. The van der Waals surface area contributed by atoms with E-state index in [4.69, 9.17) is 5.11 Å². The maximum Gasteiger partial charge on any atom is 0.317 e. The van der Waals surface area contributed by atoms with E-state index < -0.39 is 5.97 Å². The van der Waals surface area contributed by atoms with Gasteiger partial charge in [0.05, 0.1) is 12.5 Å². The summed E-state index contributed by atoms with van der Waals surface area (Å²) in [5.74, 6) is -1.44. The van der Waals surface area contributed by atoms with Crippen LogP contribution in [-0.2, 0) is 9.59 Å². The monoisotopic (exact) mass is 243 g/mol. The van der Waals surface area contributed by atoms with E-state index in [0.29, 0.717) is 25.9 Å². The van der Waals surface area contributed by atoms with Gasteiger partial charge in [-0.1, -0.05) is 0 Å². The zero-order valence-electron chi connectivity index (χ0n) is 9.73. The van der Waals surface area contributed by atoms with Crippen LogP contribution in [0.25, 0.3) is 0 Å². The number of rotatable bonds is 3. The Morgan fingerprint density at radius 1 is 1.29 bits per heavy atom. The predicted molar refractivity (Wildman–Crippen MR) is 59.4 cm³/mol. The summed E-state index contributed by atoms with van der Waals surface area (Å²) in [6.45, 7) is 0.765. The van der Waals surface area contributed by atoms with Crippen LogP contribution in [0.15, 0.2) is 0 Å². The van der Waals surface area contributed by atoms with E-state index in [9.17, 15) is 14.4 Å². The van der Waals surface area contributed by atoms with Crippen molar-refractivity contribution in [3.63, 3.8) is 0 Å². The lowest BCUT2D eigenvalue weighted by Crippen LogP contribution is -2.47. The second-order valence-corrected chi connectivity index (χ2v) is 3.93. The minimum absolute atomic E-state index is 0.0613. The molecule has 7 nitrogen and oxygen atoms in total. The molecule has 1 heterocycles. The minimum atomic E-state index is -0.810. The average Bonchev–Trinajstić information content (AvgIpc) is 2.35. The van der Waals surface area contributed by atoms with Crippen LogP contribution in [0.5, 0.6) is 0 Å². The SMILES string of the molecule is CNC(=O)CNC(=O)N1CCC(C(=O)O)CC1. The number of carbonyl (C=O) groups excluding carboxylic acids is 2. The summed E-state index contributed by atoms with van der Waals surface area (Å²) < 4.78 is 0. The molecular weight excluding hydrogens is 226 g/mol. The molecular formula is C10H17N3O4. The van der Waals surface area contributed by atoms with Crippen molar-refractivity contribution in [3.05, 3.63) is 0 Å². The first-order valence-corrected chi connectivity index (χ1v) is 5.50. The molecule has 1 saturated heterocycles. The van der Waals surface area contributed by atoms with Gasteiger partial charge in [0.1, 0.15) is 0 Å². The van der Waals surface area contributed by atoms with E-state index in [0.717, 1.165) is 0 Å². The number of likely N-dealkylation sites (N-methyl/N-ethyl adjacent to an activating group) is 1. The Labute approximate surface area is 99.2 Å². The van der Waals surface area contributed by atoms with Crippen molar-refractivity contribution < 1.29 is 19.5 Å². The molecule has 0 aromatic carbocycles. The number of urea groups is 1. The third kappa shape index (κ3) is 3.93. The number of piperidine rings is 1. The van der Waals surface area contributed by atoms with E-state index in [1.165, 1.54) is 11.9 Å². The highest BCUT2D eigenvalue weighted by atomic mass is 16.4. The van der Waals surface area contributed by atoms with E-state index in [1.54, 1.807) is 0 Å². The normalized spacial score (nSPS) is 16.4. The van der Waals surface area contributed by atoms with Gasteiger partial charge in [0.2, 0.25) is 5.91 Å². The lowest BCUT2D eigenvalue weighted by atomic mass is 9.97. The molecule has 0 spiro atoms. The zero-order chi connectivity index (χ0) is 12.8. The largest absolute Gasteiger partial charge is 0.481 e. The second-order valence-electron chi connectivity index (χ2n) is 3.93. The molecule has 1 fully saturated rings. The number of carboxylic acids is 1. The van der Waals surface area contributed by atoms with Crippen molar-refractivity contribution in [1.82, 2.24) is 15.5 Å². The molecule has 17 heavy (non-hydrogen) atoms. The molecule has 0 atom stereocenters. The van der Waals surface area contributed by atoms with Gasteiger partial charge >= 0.3 is 12.0 Å². The van der Waals surface area contributed by atoms with Crippen LogP contribution in [0, 0.1) is 5.92 Å². The Morgan fingerprint density at radius 2 is 1.88 bits per heavy atom. The van der Waals surface area contributed by atoms with Gasteiger partial charge in [-0.3, -0.25) is 9.59 Å². The van der Waals surface area contributed by atoms with Crippen LogP contribution in [0.4, 0.5) is 4.79 Å². The minimum Gasteiger partial charge on any atom is -0.481 e. The van der Waals surface area contributed by atoms with Gasteiger partial charge in [0.25, 0.3) is 0 Å². The maximum atomic E-state index is 11.6. The summed E-state index contributed by atoms with van der Waals surface area (Å²) in [7, 11) is 1.49. The number of nitrogens with zero attached hydrogens (tertiary/aromatic N) is 1. The van der Waals surface area contributed by atoms with Crippen LogP contribution in [0.3, 0.4) is 0 Å². The fraction of sp³-hybridized carbons (Fsp3) is 0.700. The van der Waals surface area contributed by atoms with Gasteiger partial charge in [0, 0.05) is 20.1 Å². The first-order chi connectivity index (χ1) is 8.04. The number of amides is 3. The highest BCUT2D eigenvalue weighted by molar-refractivity contribution is 5.83. The van der Waals surface area contributed by atoms with Crippen LogP contribution in [0.1, 0.15) is 12.8 Å². The maximum absolute atomic E-state index is 11.6. The van der Waals surface area contributed by atoms with Gasteiger partial charge in [-0.2, -0.15) is 0 Å². The number of carboxylic acid groups (broad SMARTS) is 1. The Kier molecular flexibility index (Phi) is 4.74. The van der Waals surface area contributed by atoms with Gasteiger partial charge in [-0.25, -0.2) is 4.79 Å². The summed E-state index contributed by atoms with van der Waals surface area (Å²) >= 11 is 0. The lowest BCUT2D eigenvalue weighted by Gasteiger charge is -2.30. The van der Waals surface area contributed by atoms with Crippen LogP contribution >= 0.6 is 0 Å². The molecule has 7 heteroatoms.